The van der Waals surface area contributed by atoms with Crippen LogP contribution in [0.15, 0.2) is 89.5 Å². The summed E-state index contributed by atoms with van der Waals surface area (Å²) in [5.74, 6) is 1.77. The van der Waals surface area contributed by atoms with Gasteiger partial charge < -0.3 is 9.26 Å². The number of benzene rings is 3. The molecule has 0 N–H and O–H groups in total. The summed E-state index contributed by atoms with van der Waals surface area (Å²) in [4.78, 5) is 4.68. The van der Waals surface area contributed by atoms with Gasteiger partial charge in [-0.05, 0) is 23.3 Å². The standard InChI is InChI=1S/C22H18N2O2/c1-25-19-14-8-13-18(15-19)21-23-22(26-24-21)20(16-9-4-2-5-10-16)17-11-6-3-7-12-17/h2-15,20H,1H3. The Morgan fingerprint density at radius 3 is 2.08 bits per heavy atom. The van der Waals surface area contributed by atoms with E-state index in [4.69, 9.17) is 9.26 Å². The Balaban J connectivity index is 1.77. The molecule has 26 heavy (non-hydrogen) atoms. The highest BCUT2D eigenvalue weighted by Crippen LogP contribution is 2.32. The maximum Gasteiger partial charge on any atom is 0.238 e. The molecular formula is C22H18N2O2. The molecule has 4 nitrogen and oxygen atoms in total. The van der Waals surface area contributed by atoms with Crippen molar-refractivity contribution < 1.29 is 9.26 Å². The van der Waals surface area contributed by atoms with E-state index in [9.17, 15) is 0 Å². The van der Waals surface area contributed by atoms with Crippen LogP contribution in [0.5, 0.6) is 5.75 Å². The number of aromatic nitrogens is 2. The Kier molecular flexibility index (Phi) is 4.48. The fourth-order valence-electron chi connectivity index (χ4n) is 3.00. The molecule has 3 aromatic carbocycles. The molecular weight excluding hydrogens is 324 g/mol. The molecule has 0 amide bonds. The van der Waals surface area contributed by atoms with Gasteiger partial charge in [0.2, 0.25) is 11.7 Å². The molecule has 4 heteroatoms. The van der Waals surface area contributed by atoms with Crippen LogP contribution in [0.1, 0.15) is 22.9 Å². The van der Waals surface area contributed by atoms with Crippen molar-refractivity contribution in [2.24, 2.45) is 0 Å². The Labute approximate surface area is 152 Å². The van der Waals surface area contributed by atoms with Crippen LogP contribution in [0.3, 0.4) is 0 Å². The highest BCUT2D eigenvalue weighted by atomic mass is 16.5. The van der Waals surface area contributed by atoms with Crippen molar-refractivity contribution in [3.05, 3.63) is 102 Å². The third-order valence-corrected chi connectivity index (χ3v) is 4.28. The molecule has 0 aliphatic heterocycles. The van der Waals surface area contributed by atoms with Crippen molar-refractivity contribution in [1.29, 1.82) is 0 Å². The summed E-state index contributed by atoms with van der Waals surface area (Å²) in [5, 5.41) is 4.19. The molecule has 1 heterocycles. The maximum atomic E-state index is 5.66. The van der Waals surface area contributed by atoms with Gasteiger partial charge in [-0.25, -0.2) is 0 Å². The minimum atomic E-state index is -0.107. The molecule has 0 fully saturated rings. The minimum Gasteiger partial charge on any atom is -0.497 e. The predicted molar refractivity (Wildman–Crippen MR) is 100 cm³/mol. The number of hydrogen-bond acceptors (Lipinski definition) is 4. The Hall–Kier alpha value is -3.40. The smallest absolute Gasteiger partial charge is 0.238 e. The zero-order chi connectivity index (χ0) is 17.8. The molecule has 0 bridgehead atoms. The first kappa shape index (κ1) is 16.1. The lowest BCUT2D eigenvalue weighted by molar-refractivity contribution is 0.375. The highest BCUT2D eigenvalue weighted by Gasteiger charge is 2.23. The number of hydrogen-bond donors (Lipinski definition) is 0. The summed E-state index contributed by atoms with van der Waals surface area (Å²) in [6.07, 6.45) is 0. The van der Waals surface area contributed by atoms with Crippen LogP contribution in [-0.2, 0) is 0 Å². The van der Waals surface area contributed by atoms with Gasteiger partial charge in [0.1, 0.15) is 5.75 Å². The van der Waals surface area contributed by atoms with E-state index in [1.807, 2.05) is 60.7 Å². The van der Waals surface area contributed by atoms with E-state index < -0.39 is 0 Å². The van der Waals surface area contributed by atoms with E-state index >= 15 is 0 Å². The van der Waals surface area contributed by atoms with Gasteiger partial charge in [0.15, 0.2) is 0 Å². The summed E-state index contributed by atoms with van der Waals surface area (Å²) in [7, 11) is 1.64. The van der Waals surface area contributed by atoms with Gasteiger partial charge in [-0.15, -0.1) is 0 Å². The van der Waals surface area contributed by atoms with Crippen molar-refractivity contribution in [3.8, 4) is 17.1 Å². The molecule has 0 aliphatic rings. The molecule has 0 unspecified atom stereocenters. The van der Waals surface area contributed by atoms with Crippen molar-refractivity contribution in [1.82, 2.24) is 10.1 Å². The van der Waals surface area contributed by atoms with Crippen molar-refractivity contribution in [3.63, 3.8) is 0 Å². The molecule has 0 saturated heterocycles. The largest absolute Gasteiger partial charge is 0.497 e. The first-order chi connectivity index (χ1) is 12.8. The topological polar surface area (TPSA) is 48.2 Å². The van der Waals surface area contributed by atoms with Crippen LogP contribution in [0, 0.1) is 0 Å². The molecule has 0 radical (unpaired) electrons. The predicted octanol–water partition coefficient (Wildman–Crippen LogP) is 4.93. The summed E-state index contributed by atoms with van der Waals surface area (Å²) >= 11 is 0. The summed E-state index contributed by atoms with van der Waals surface area (Å²) in [5.41, 5.74) is 3.08. The molecule has 1 aromatic heterocycles. The first-order valence-electron chi connectivity index (χ1n) is 8.43. The highest BCUT2D eigenvalue weighted by molar-refractivity contribution is 5.57. The normalized spacial score (nSPS) is 10.8. The molecule has 128 valence electrons. The zero-order valence-corrected chi connectivity index (χ0v) is 14.4. The van der Waals surface area contributed by atoms with Crippen molar-refractivity contribution in [2.45, 2.75) is 5.92 Å². The van der Waals surface area contributed by atoms with Crippen molar-refractivity contribution in [2.75, 3.05) is 7.11 Å². The number of ether oxygens (including phenoxy) is 1. The molecule has 0 spiro atoms. The first-order valence-corrected chi connectivity index (χ1v) is 8.43. The van der Waals surface area contributed by atoms with Crippen LogP contribution in [0.4, 0.5) is 0 Å². The maximum absolute atomic E-state index is 5.66. The van der Waals surface area contributed by atoms with Crippen LogP contribution >= 0.6 is 0 Å². The van der Waals surface area contributed by atoms with E-state index in [2.05, 4.69) is 34.4 Å². The number of nitrogens with zero attached hydrogens (tertiary/aromatic N) is 2. The van der Waals surface area contributed by atoms with Crippen molar-refractivity contribution >= 4 is 0 Å². The number of methoxy groups -OCH3 is 1. The second-order valence-electron chi connectivity index (χ2n) is 5.94. The summed E-state index contributed by atoms with van der Waals surface area (Å²) in [6, 6.07) is 28.0. The minimum absolute atomic E-state index is 0.107. The van der Waals surface area contributed by atoms with Crippen LogP contribution in [0.25, 0.3) is 11.4 Å². The lowest BCUT2D eigenvalue weighted by Crippen LogP contribution is -2.03. The zero-order valence-electron chi connectivity index (χ0n) is 14.4. The van der Waals surface area contributed by atoms with E-state index in [-0.39, 0.29) is 5.92 Å². The van der Waals surface area contributed by atoms with Gasteiger partial charge in [-0.2, -0.15) is 4.98 Å². The second kappa shape index (κ2) is 7.23. The van der Waals surface area contributed by atoms with E-state index in [1.165, 1.54) is 0 Å². The van der Waals surface area contributed by atoms with Gasteiger partial charge in [0, 0.05) is 5.56 Å². The Bertz CT molecular complexity index is 942. The van der Waals surface area contributed by atoms with Crippen LogP contribution in [-0.4, -0.2) is 17.3 Å². The third kappa shape index (κ3) is 3.22. The third-order valence-electron chi connectivity index (χ3n) is 4.28. The quantitative estimate of drug-likeness (QED) is 0.516. The number of rotatable bonds is 5. The molecule has 4 aromatic rings. The van der Waals surface area contributed by atoms with E-state index in [1.54, 1.807) is 7.11 Å². The molecule has 0 atom stereocenters. The SMILES string of the molecule is COc1cccc(-c2noc(C(c3ccccc3)c3ccccc3)n2)c1. The molecule has 0 saturated carbocycles. The fraction of sp³-hybridized carbons (Fsp3) is 0.0909. The lowest BCUT2D eigenvalue weighted by Gasteiger charge is -2.13. The van der Waals surface area contributed by atoms with Gasteiger partial charge in [-0.1, -0.05) is 78.0 Å². The van der Waals surface area contributed by atoms with E-state index in [0.717, 1.165) is 22.4 Å². The Morgan fingerprint density at radius 1 is 0.808 bits per heavy atom. The van der Waals surface area contributed by atoms with Gasteiger partial charge in [0.05, 0.1) is 13.0 Å². The lowest BCUT2D eigenvalue weighted by atomic mass is 9.91. The molecule has 0 aliphatic carbocycles. The average molecular weight is 342 g/mol. The van der Waals surface area contributed by atoms with Crippen LogP contribution in [0.2, 0.25) is 0 Å². The average Bonchev–Trinajstić information content (AvgIpc) is 3.20. The van der Waals surface area contributed by atoms with Gasteiger partial charge in [0.25, 0.3) is 0 Å². The van der Waals surface area contributed by atoms with Crippen LogP contribution < -0.4 is 4.74 Å². The monoisotopic (exact) mass is 342 g/mol. The summed E-state index contributed by atoms with van der Waals surface area (Å²) < 4.78 is 10.9. The summed E-state index contributed by atoms with van der Waals surface area (Å²) in [6.45, 7) is 0. The van der Waals surface area contributed by atoms with Gasteiger partial charge >= 0.3 is 0 Å². The second-order valence-corrected chi connectivity index (χ2v) is 5.94. The van der Waals surface area contributed by atoms with E-state index in [0.29, 0.717) is 11.7 Å². The van der Waals surface area contributed by atoms with Gasteiger partial charge in [-0.3, -0.25) is 0 Å². The Morgan fingerprint density at radius 2 is 1.46 bits per heavy atom. The molecule has 4 rings (SSSR count). The fourth-order valence-corrected chi connectivity index (χ4v) is 3.00.